The minimum Gasteiger partial charge on any atom is -0.331 e. The van der Waals surface area contributed by atoms with Crippen LogP contribution in [0.15, 0.2) is 30.3 Å². The van der Waals surface area contributed by atoms with Gasteiger partial charge in [0.05, 0.1) is 17.1 Å². The molecule has 0 aliphatic carbocycles. The summed E-state index contributed by atoms with van der Waals surface area (Å²) in [6.45, 7) is 6.44. The van der Waals surface area contributed by atoms with E-state index in [9.17, 15) is 0 Å². The second kappa shape index (κ2) is 4.62. The molecule has 1 atom stereocenters. The third-order valence-corrected chi connectivity index (χ3v) is 4.90. The van der Waals surface area contributed by atoms with Gasteiger partial charge in [0, 0.05) is 9.75 Å². The highest BCUT2D eigenvalue weighted by atomic mass is 32.1. The fourth-order valence-corrected chi connectivity index (χ4v) is 3.72. The van der Waals surface area contributed by atoms with E-state index in [-0.39, 0.29) is 6.04 Å². The smallest absolute Gasteiger partial charge is 0.178 e. The van der Waals surface area contributed by atoms with Crippen molar-refractivity contribution in [3.63, 3.8) is 0 Å². The Morgan fingerprint density at radius 1 is 1.21 bits per heavy atom. The number of hydrogen-bond donors (Lipinski definition) is 1. The number of aromatic nitrogens is 2. The zero-order chi connectivity index (χ0) is 13.6. The third kappa shape index (κ3) is 2.15. The van der Waals surface area contributed by atoms with Gasteiger partial charge in [0.1, 0.15) is 0 Å². The zero-order valence-corrected chi connectivity index (χ0v) is 12.9. The lowest BCUT2D eigenvalue weighted by Crippen LogP contribution is -2.04. The number of fused-ring (bicyclic) bond motifs is 1. The maximum absolute atomic E-state index is 5.49. The molecule has 3 rings (SSSR count). The fourth-order valence-electron chi connectivity index (χ4n) is 2.43. The molecule has 19 heavy (non-hydrogen) atoms. The van der Waals surface area contributed by atoms with Crippen LogP contribution in [0.2, 0.25) is 0 Å². The first kappa shape index (κ1) is 12.6. The molecular formula is C15H16N2S2. The number of thiophene rings is 1. The number of nitrogens with zero attached hydrogens (tertiary/aromatic N) is 1. The minimum atomic E-state index is 0.266. The molecule has 0 aliphatic rings. The van der Waals surface area contributed by atoms with Crippen LogP contribution in [-0.4, -0.2) is 9.55 Å². The molecule has 1 N–H and O–H groups in total. The normalized spacial score (nSPS) is 13.0. The molecule has 0 spiro atoms. The first-order chi connectivity index (χ1) is 9.06. The molecule has 0 radical (unpaired) electrons. The van der Waals surface area contributed by atoms with Crippen LogP contribution in [0.4, 0.5) is 0 Å². The second-order valence-corrected chi connectivity index (χ2v) is 6.65. The van der Waals surface area contributed by atoms with Gasteiger partial charge in [0.15, 0.2) is 4.77 Å². The molecule has 0 bridgehead atoms. The van der Waals surface area contributed by atoms with E-state index in [0.717, 1.165) is 10.3 Å². The standard InChI is InChI=1S/C15H16N2S2/c1-9-4-6-13-12(8-9)16-15(18)17(13)11(3)14-7-5-10(2)19-14/h4-8,11H,1-3H3,(H,16,18). The van der Waals surface area contributed by atoms with Crippen molar-refractivity contribution in [2.24, 2.45) is 0 Å². The number of H-pyrrole nitrogens is 1. The maximum Gasteiger partial charge on any atom is 0.178 e. The van der Waals surface area contributed by atoms with Crippen molar-refractivity contribution in [3.8, 4) is 0 Å². The summed E-state index contributed by atoms with van der Waals surface area (Å²) in [5.74, 6) is 0. The summed E-state index contributed by atoms with van der Waals surface area (Å²) in [7, 11) is 0. The second-order valence-electron chi connectivity index (χ2n) is 4.95. The Kier molecular flexibility index (Phi) is 3.07. The predicted molar refractivity (Wildman–Crippen MR) is 84.7 cm³/mol. The van der Waals surface area contributed by atoms with E-state index >= 15 is 0 Å². The number of hydrogen-bond acceptors (Lipinski definition) is 2. The first-order valence-corrected chi connectivity index (χ1v) is 7.56. The van der Waals surface area contributed by atoms with Crippen LogP contribution in [0, 0.1) is 18.6 Å². The molecular weight excluding hydrogens is 272 g/mol. The van der Waals surface area contributed by atoms with Gasteiger partial charge in [-0.25, -0.2) is 0 Å². The van der Waals surface area contributed by atoms with Gasteiger partial charge >= 0.3 is 0 Å². The van der Waals surface area contributed by atoms with Crippen LogP contribution in [0.1, 0.15) is 28.3 Å². The minimum absolute atomic E-state index is 0.266. The number of nitrogens with one attached hydrogen (secondary N) is 1. The lowest BCUT2D eigenvalue weighted by Gasteiger charge is -2.12. The largest absolute Gasteiger partial charge is 0.331 e. The number of benzene rings is 1. The SMILES string of the molecule is Cc1ccc2c(c1)[nH]c(=S)n2C(C)c1ccc(C)s1. The van der Waals surface area contributed by atoms with E-state index in [2.05, 4.69) is 60.7 Å². The molecule has 98 valence electrons. The van der Waals surface area contributed by atoms with E-state index in [1.807, 2.05) is 11.3 Å². The van der Waals surface area contributed by atoms with Crippen molar-refractivity contribution >= 4 is 34.6 Å². The van der Waals surface area contributed by atoms with Crippen LogP contribution in [0.3, 0.4) is 0 Å². The summed E-state index contributed by atoms with van der Waals surface area (Å²) in [5.41, 5.74) is 3.54. The lowest BCUT2D eigenvalue weighted by atomic mass is 10.2. The summed E-state index contributed by atoms with van der Waals surface area (Å²) < 4.78 is 2.99. The van der Waals surface area contributed by atoms with Crippen molar-refractivity contribution in [2.45, 2.75) is 26.8 Å². The summed E-state index contributed by atoms with van der Waals surface area (Å²) in [5, 5.41) is 0. The van der Waals surface area contributed by atoms with E-state index in [0.29, 0.717) is 0 Å². The summed E-state index contributed by atoms with van der Waals surface area (Å²) >= 11 is 7.32. The van der Waals surface area contributed by atoms with Crippen LogP contribution in [0.25, 0.3) is 11.0 Å². The van der Waals surface area contributed by atoms with Crippen molar-refractivity contribution in [1.82, 2.24) is 9.55 Å². The Morgan fingerprint density at radius 2 is 2.00 bits per heavy atom. The Morgan fingerprint density at radius 3 is 2.68 bits per heavy atom. The van der Waals surface area contributed by atoms with E-state index in [1.54, 1.807) is 0 Å². The van der Waals surface area contributed by atoms with Crippen molar-refractivity contribution in [2.75, 3.05) is 0 Å². The Balaban J connectivity index is 2.19. The molecule has 2 nitrogen and oxygen atoms in total. The molecule has 1 aromatic carbocycles. The van der Waals surface area contributed by atoms with Crippen LogP contribution < -0.4 is 0 Å². The molecule has 2 aromatic heterocycles. The van der Waals surface area contributed by atoms with Gasteiger partial charge in [-0.05, 0) is 62.8 Å². The van der Waals surface area contributed by atoms with Gasteiger partial charge in [-0.1, -0.05) is 6.07 Å². The molecule has 1 unspecified atom stereocenters. The van der Waals surface area contributed by atoms with Gasteiger partial charge in [-0.2, -0.15) is 0 Å². The lowest BCUT2D eigenvalue weighted by molar-refractivity contribution is 0.661. The van der Waals surface area contributed by atoms with Gasteiger partial charge in [-0.3, -0.25) is 0 Å². The van der Waals surface area contributed by atoms with Crippen molar-refractivity contribution < 1.29 is 0 Å². The Bertz CT molecular complexity index is 792. The highest BCUT2D eigenvalue weighted by Gasteiger charge is 2.14. The zero-order valence-electron chi connectivity index (χ0n) is 11.2. The summed E-state index contributed by atoms with van der Waals surface area (Å²) in [4.78, 5) is 5.99. The molecule has 3 aromatic rings. The average molecular weight is 288 g/mol. The molecule has 0 saturated heterocycles. The van der Waals surface area contributed by atoms with E-state index in [4.69, 9.17) is 12.2 Å². The number of aryl methyl sites for hydroxylation is 2. The van der Waals surface area contributed by atoms with Gasteiger partial charge < -0.3 is 9.55 Å². The van der Waals surface area contributed by atoms with Crippen molar-refractivity contribution in [1.29, 1.82) is 0 Å². The molecule has 2 heterocycles. The first-order valence-electron chi connectivity index (χ1n) is 6.33. The highest BCUT2D eigenvalue weighted by Crippen LogP contribution is 2.29. The molecule has 0 aliphatic heterocycles. The predicted octanol–water partition coefficient (Wildman–Crippen LogP) is 4.99. The van der Waals surface area contributed by atoms with Gasteiger partial charge in [0.25, 0.3) is 0 Å². The van der Waals surface area contributed by atoms with E-state index < -0.39 is 0 Å². The molecule has 0 fully saturated rings. The monoisotopic (exact) mass is 288 g/mol. The summed E-state index contributed by atoms with van der Waals surface area (Å²) in [6.07, 6.45) is 0. The van der Waals surface area contributed by atoms with Crippen LogP contribution in [0.5, 0.6) is 0 Å². The van der Waals surface area contributed by atoms with Gasteiger partial charge in [-0.15, -0.1) is 11.3 Å². The average Bonchev–Trinajstić information content (AvgIpc) is 2.91. The third-order valence-electron chi connectivity index (χ3n) is 3.43. The highest BCUT2D eigenvalue weighted by molar-refractivity contribution is 7.71. The fraction of sp³-hybridized carbons (Fsp3) is 0.267. The molecule has 4 heteroatoms. The van der Waals surface area contributed by atoms with Crippen LogP contribution >= 0.6 is 23.6 Å². The Labute approximate surface area is 121 Å². The number of rotatable bonds is 2. The topological polar surface area (TPSA) is 20.7 Å². The Hall–Kier alpha value is -1.39. The number of aromatic amines is 1. The van der Waals surface area contributed by atoms with Gasteiger partial charge in [0.2, 0.25) is 0 Å². The quantitative estimate of drug-likeness (QED) is 0.659. The van der Waals surface area contributed by atoms with Crippen molar-refractivity contribution in [3.05, 3.63) is 50.4 Å². The van der Waals surface area contributed by atoms with E-state index in [1.165, 1.54) is 20.8 Å². The molecule has 0 saturated carbocycles. The number of imidazole rings is 1. The summed E-state index contributed by atoms with van der Waals surface area (Å²) in [6, 6.07) is 11.1. The maximum atomic E-state index is 5.49. The van der Waals surface area contributed by atoms with Crippen LogP contribution in [-0.2, 0) is 0 Å². The molecule has 0 amide bonds.